The van der Waals surface area contributed by atoms with Gasteiger partial charge in [0, 0.05) is 37.7 Å². The van der Waals surface area contributed by atoms with Gasteiger partial charge >= 0.3 is 0 Å². The Morgan fingerprint density at radius 1 is 1.14 bits per heavy atom. The summed E-state index contributed by atoms with van der Waals surface area (Å²) in [6, 6.07) is 8.34. The molecule has 6 heteroatoms. The minimum Gasteiger partial charge on any atom is -0.350 e. The molecule has 0 saturated heterocycles. The number of nitrogens with zero attached hydrogens (tertiary/aromatic N) is 4. The molecule has 21 heavy (non-hydrogen) atoms. The number of rotatable bonds is 4. The van der Waals surface area contributed by atoms with Crippen LogP contribution in [0.25, 0.3) is 11.1 Å². The third-order valence-electron chi connectivity index (χ3n) is 3.04. The molecule has 106 valence electrons. The Labute approximate surface area is 131 Å². The van der Waals surface area contributed by atoms with Gasteiger partial charge in [0.05, 0.1) is 10.7 Å². The molecule has 0 bridgehead atoms. The first kappa shape index (κ1) is 13.8. The van der Waals surface area contributed by atoms with Crippen LogP contribution >= 0.6 is 15.9 Å². The van der Waals surface area contributed by atoms with Crippen molar-refractivity contribution in [3.8, 4) is 11.1 Å². The van der Waals surface area contributed by atoms with Crippen LogP contribution in [0.15, 0.2) is 53.5 Å². The monoisotopic (exact) mass is 343 g/mol. The zero-order chi connectivity index (χ0) is 14.7. The van der Waals surface area contributed by atoms with E-state index in [0.29, 0.717) is 12.5 Å². The number of hydrogen-bond donors (Lipinski definition) is 1. The van der Waals surface area contributed by atoms with Gasteiger partial charge in [0.1, 0.15) is 0 Å². The molecule has 0 unspecified atom stereocenters. The minimum absolute atomic E-state index is 0.616. The number of aryl methyl sites for hydroxylation is 1. The topological polar surface area (TPSA) is 55.6 Å². The maximum absolute atomic E-state index is 4.20. The highest BCUT2D eigenvalue weighted by Crippen LogP contribution is 2.20. The lowest BCUT2D eigenvalue weighted by atomic mass is 10.1. The van der Waals surface area contributed by atoms with Crippen molar-refractivity contribution in [2.75, 3.05) is 5.32 Å². The van der Waals surface area contributed by atoms with E-state index < -0.39 is 0 Å². The third kappa shape index (κ3) is 3.46. The number of aromatic nitrogens is 4. The number of nitrogens with one attached hydrogen (secondary N) is 1. The molecule has 3 rings (SSSR count). The molecule has 2 aromatic heterocycles. The maximum Gasteiger partial charge on any atom is 0.222 e. The Hall–Kier alpha value is -2.21. The lowest BCUT2D eigenvalue weighted by Crippen LogP contribution is -2.03. The van der Waals surface area contributed by atoms with Crippen LogP contribution in [0.4, 0.5) is 5.95 Å². The third-order valence-corrected chi connectivity index (χ3v) is 3.45. The zero-order valence-electron chi connectivity index (χ0n) is 11.5. The predicted molar refractivity (Wildman–Crippen MR) is 85.7 cm³/mol. The minimum atomic E-state index is 0.616. The molecule has 0 spiro atoms. The van der Waals surface area contributed by atoms with Crippen LogP contribution in [0.3, 0.4) is 0 Å². The smallest absolute Gasteiger partial charge is 0.222 e. The van der Waals surface area contributed by atoms with E-state index in [9.17, 15) is 0 Å². The highest BCUT2D eigenvalue weighted by atomic mass is 79.9. The summed E-state index contributed by atoms with van der Waals surface area (Å²) in [5.74, 6) is 0.616. The van der Waals surface area contributed by atoms with Crippen LogP contribution in [0, 0.1) is 0 Å². The molecule has 0 aliphatic heterocycles. The molecule has 2 heterocycles. The molecule has 0 saturated carbocycles. The normalized spacial score (nSPS) is 10.6. The van der Waals surface area contributed by atoms with Gasteiger partial charge in [-0.25, -0.2) is 9.97 Å². The van der Waals surface area contributed by atoms with Crippen molar-refractivity contribution in [1.29, 1.82) is 0 Å². The average Bonchev–Trinajstić information content (AvgIpc) is 2.94. The lowest BCUT2D eigenvalue weighted by Gasteiger charge is -2.06. The molecule has 5 nitrogen and oxygen atoms in total. The quantitative estimate of drug-likeness (QED) is 0.789. The molecule has 3 aromatic rings. The summed E-state index contributed by atoms with van der Waals surface area (Å²) in [4.78, 5) is 8.39. The molecular formula is C15H14BrN5. The lowest BCUT2D eigenvalue weighted by molar-refractivity contribution is 0.768. The molecule has 0 radical (unpaired) electrons. The highest BCUT2D eigenvalue weighted by molar-refractivity contribution is 9.10. The van der Waals surface area contributed by atoms with Crippen molar-refractivity contribution in [3.05, 3.63) is 59.1 Å². The largest absolute Gasteiger partial charge is 0.350 e. The van der Waals surface area contributed by atoms with Gasteiger partial charge in [0.2, 0.25) is 5.95 Å². The van der Waals surface area contributed by atoms with Gasteiger partial charge in [-0.1, -0.05) is 18.2 Å². The fraction of sp³-hybridized carbons (Fsp3) is 0.133. The number of anilines is 1. The predicted octanol–water partition coefficient (Wildman–Crippen LogP) is 3.25. The maximum atomic E-state index is 4.20. The number of benzene rings is 1. The Bertz CT molecular complexity index is 736. The van der Waals surface area contributed by atoms with Crippen molar-refractivity contribution in [3.63, 3.8) is 0 Å². The summed E-state index contributed by atoms with van der Waals surface area (Å²) in [6.45, 7) is 0.676. The van der Waals surface area contributed by atoms with E-state index in [1.807, 2.05) is 25.5 Å². The number of hydrogen-bond acceptors (Lipinski definition) is 4. The Balaban J connectivity index is 1.73. The van der Waals surface area contributed by atoms with Gasteiger partial charge in [-0.15, -0.1) is 0 Å². The molecule has 0 aliphatic rings. The molecular weight excluding hydrogens is 330 g/mol. The van der Waals surface area contributed by atoms with E-state index in [4.69, 9.17) is 0 Å². The highest BCUT2D eigenvalue weighted by Gasteiger charge is 2.02. The first-order valence-electron chi connectivity index (χ1n) is 6.50. The van der Waals surface area contributed by atoms with Gasteiger partial charge in [-0.3, -0.25) is 4.68 Å². The van der Waals surface area contributed by atoms with Crippen LogP contribution < -0.4 is 5.32 Å². The number of halogens is 1. The first-order valence-corrected chi connectivity index (χ1v) is 7.29. The van der Waals surface area contributed by atoms with Crippen LogP contribution in [0.5, 0.6) is 0 Å². The van der Waals surface area contributed by atoms with Crippen molar-refractivity contribution in [1.82, 2.24) is 19.7 Å². The van der Waals surface area contributed by atoms with Crippen molar-refractivity contribution < 1.29 is 0 Å². The zero-order valence-corrected chi connectivity index (χ0v) is 13.1. The SMILES string of the molecule is Cn1cc(-c2cccc(CNc3ncc(Br)cn3)c2)cn1. The second-order valence-electron chi connectivity index (χ2n) is 4.68. The molecule has 0 fully saturated rings. The summed E-state index contributed by atoms with van der Waals surface area (Å²) in [5.41, 5.74) is 3.43. The van der Waals surface area contributed by atoms with Crippen LogP contribution in [0.1, 0.15) is 5.56 Å². The summed E-state index contributed by atoms with van der Waals surface area (Å²) in [5, 5.41) is 7.41. The first-order chi connectivity index (χ1) is 10.2. The Kier molecular flexibility index (Phi) is 3.96. The molecule has 0 atom stereocenters. The fourth-order valence-corrected chi connectivity index (χ4v) is 2.22. The van der Waals surface area contributed by atoms with Gasteiger partial charge in [0.25, 0.3) is 0 Å². The van der Waals surface area contributed by atoms with Crippen LogP contribution in [-0.2, 0) is 13.6 Å². The summed E-state index contributed by atoms with van der Waals surface area (Å²) in [7, 11) is 1.92. The average molecular weight is 344 g/mol. The van der Waals surface area contributed by atoms with E-state index in [1.54, 1.807) is 17.1 Å². The van der Waals surface area contributed by atoms with Crippen LogP contribution in [0.2, 0.25) is 0 Å². The van der Waals surface area contributed by atoms with E-state index >= 15 is 0 Å². The van der Waals surface area contributed by atoms with E-state index in [-0.39, 0.29) is 0 Å². The Morgan fingerprint density at radius 3 is 2.67 bits per heavy atom. The van der Waals surface area contributed by atoms with Gasteiger partial charge in [-0.2, -0.15) is 5.10 Å². The van der Waals surface area contributed by atoms with E-state index in [0.717, 1.165) is 15.6 Å². The van der Waals surface area contributed by atoms with Crippen LogP contribution in [-0.4, -0.2) is 19.7 Å². The molecule has 0 aliphatic carbocycles. The second kappa shape index (κ2) is 6.05. The van der Waals surface area contributed by atoms with Gasteiger partial charge in [0.15, 0.2) is 0 Å². The van der Waals surface area contributed by atoms with Gasteiger partial charge in [-0.05, 0) is 33.1 Å². The van der Waals surface area contributed by atoms with Gasteiger partial charge < -0.3 is 5.32 Å². The summed E-state index contributed by atoms with van der Waals surface area (Å²) in [6.07, 6.45) is 7.32. The Morgan fingerprint density at radius 2 is 1.95 bits per heavy atom. The molecule has 0 amide bonds. The van der Waals surface area contributed by atoms with E-state index in [2.05, 4.69) is 54.5 Å². The van der Waals surface area contributed by atoms with Crippen molar-refractivity contribution in [2.45, 2.75) is 6.54 Å². The molecule has 1 aromatic carbocycles. The van der Waals surface area contributed by atoms with Crippen molar-refractivity contribution in [2.24, 2.45) is 7.05 Å². The second-order valence-corrected chi connectivity index (χ2v) is 5.60. The molecule has 1 N–H and O–H groups in total. The van der Waals surface area contributed by atoms with Crippen molar-refractivity contribution >= 4 is 21.9 Å². The fourth-order valence-electron chi connectivity index (χ4n) is 2.02. The standard InChI is InChI=1S/C15H14BrN5/c1-21-10-13(7-20-21)12-4-2-3-11(5-12)6-17-15-18-8-14(16)9-19-15/h2-5,7-10H,6H2,1H3,(H,17,18,19). The van der Waals surface area contributed by atoms with E-state index in [1.165, 1.54) is 5.56 Å². The summed E-state index contributed by atoms with van der Waals surface area (Å²) >= 11 is 3.32. The summed E-state index contributed by atoms with van der Waals surface area (Å²) < 4.78 is 2.67.